The Hall–Kier alpha value is -0.260. The molecule has 110 valence electrons. The maximum atomic E-state index is 6.06. The van der Waals surface area contributed by atoms with Crippen molar-refractivity contribution in [3.05, 3.63) is 53.1 Å². The van der Waals surface area contributed by atoms with Gasteiger partial charge in [-0.1, -0.05) is 40.0 Å². The lowest BCUT2D eigenvalue weighted by Crippen LogP contribution is -2.00. The molecule has 0 radical (unpaired) electrons. The van der Waals surface area contributed by atoms with Crippen LogP contribution in [0.5, 0.6) is 0 Å². The van der Waals surface area contributed by atoms with Crippen molar-refractivity contribution in [1.29, 1.82) is 0 Å². The second-order valence-corrected chi connectivity index (χ2v) is 8.26. The SMILES string of the molecule is Cc1cc(C2=NOC(c3cc(Cl)c(Cl)c(Cl)c3)C2)sc1Br. The quantitative estimate of drug-likeness (QED) is 0.494. The number of nitrogens with zero attached hydrogens (tertiary/aromatic N) is 1. The van der Waals surface area contributed by atoms with E-state index in [9.17, 15) is 0 Å². The Bertz CT molecular complexity index is 701. The summed E-state index contributed by atoms with van der Waals surface area (Å²) < 4.78 is 1.11. The highest BCUT2D eigenvalue weighted by atomic mass is 79.9. The Morgan fingerprint density at radius 3 is 2.48 bits per heavy atom. The number of thiophene rings is 1. The third-order valence-electron chi connectivity index (χ3n) is 3.19. The van der Waals surface area contributed by atoms with Crippen molar-refractivity contribution in [2.24, 2.45) is 5.16 Å². The van der Waals surface area contributed by atoms with Crippen molar-refractivity contribution in [2.75, 3.05) is 0 Å². The van der Waals surface area contributed by atoms with Gasteiger partial charge < -0.3 is 4.84 Å². The second kappa shape index (κ2) is 6.09. The molecule has 2 nitrogen and oxygen atoms in total. The minimum atomic E-state index is -0.187. The van der Waals surface area contributed by atoms with Gasteiger partial charge >= 0.3 is 0 Å². The molecule has 0 bridgehead atoms. The van der Waals surface area contributed by atoms with E-state index < -0.39 is 0 Å². The van der Waals surface area contributed by atoms with Crippen LogP contribution >= 0.6 is 62.1 Å². The molecule has 2 heterocycles. The number of aryl methyl sites for hydroxylation is 1. The Balaban J connectivity index is 1.83. The monoisotopic (exact) mass is 423 g/mol. The summed E-state index contributed by atoms with van der Waals surface area (Å²) in [6.45, 7) is 2.05. The highest BCUT2D eigenvalue weighted by molar-refractivity contribution is 9.11. The average Bonchev–Trinajstić information content (AvgIpc) is 3.03. The zero-order chi connectivity index (χ0) is 15.1. The molecular weight excluding hydrogens is 416 g/mol. The van der Waals surface area contributed by atoms with Gasteiger partial charge in [0, 0.05) is 6.42 Å². The topological polar surface area (TPSA) is 21.6 Å². The molecule has 0 aliphatic carbocycles. The van der Waals surface area contributed by atoms with Crippen LogP contribution in [0.25, 0.3) is 0 Å². The van der Waals surface area contributed by atoms with E-state index in [4.69, 9.17) is 39.6 Å². The van der Waals surface area contributed by atoms with Crippen LogP contribution in [0.15, 0.2) is 27.1 Å². The maximum Gasteiger partial charge on any atom is 0.158 e. The first-order valence-corrected chi connectivity index (χ1v) is 8.83. The molecular formula is C14H9BrCl3NOS. The standard InChI is InChI=1S/C14H9BrCl3NOS/c1-6-2-12(21-14(6)15)10-5-11(20-19-10)7-3-8(16)13(18)9(17)4-7/h2-4,11H,5H2,1H3. The van der Waals surface area contributed by atoms with Crippen LogP contribution in [0, 0.1) is 6.92 Å². The summed E-state index contributed by atoms with van der Waals surface area (Å²) >= 11 is 23.3. The molecule has 1 aliphatic heterocycles. The van der Waals surface area contributed by atoms with Crippen LogP contribution in [0.1, 0.15) is 28.5 Å². The zero-order valence-corrected chi connectivity index (χ0v) is 15.5. The van der Waals surface area contributed by atoms with E-state index in [1.165, 1.54) is 5.56 Å². The molecule has 7 heteroatoms. The number of oxime groups is 1. The second-order valence-electron chi connectivity index (χ2n) is 4.70. The molecule has 3 rings (SSSR count). The largest absolute Gasteiger partial charge is 0.387 e. The minimum absolute atomic E-state index is 0.187. The smallest absolute Gasteiger partial charge is 0.158 e. The van der Waals surface area contributed by atoms with Crippen molar-refractivity contribution in [3.8, 4) is 0 Å². The predicted molar refractivity (Wildman–Crippen MR) is 93.2 cm³/mol. The van der Waals surface area contributed by atoms with Gasteiger partial charge in [-0.2, -0.15) is 0 Å². The minimum Gasteiger partial charge on any atom is -0.387 e. The number of hydrogen-bond donors (Lipinski definition) is 0. The lowest BCUT2D eigenvalue weighted by atomic mass is 10.0. The van der Waals surface area contributed by atoms with Gasteiger partial charge in [0.1, 0.15) is 5.71 Å². The molecule has 0 saturated carbocycles. The van der Waals surface area contributed by atoms with Crippen molar-refractivity contribution in [3.63, 3.8) is 0 Å². The van der Waals surface area contributed by atoms with E-state index in [-0.39, 0.29) is 6.10 Å². The molecule has 0 fully saturated rings. The first-order chi connectivity index (χ1) is 9.95. The Labute approximate surface area is 149 Å². The van der Waals surface area contributed by atoms with Gasteiger partial charge in [0.15, 0.2) is 6.10 Å². The van der Waals surface area contributed by atoms with Gasteiger partial charge in [0.25, 0.3) is 0 Å². The summed E-state index contributed by atoms with van der Waals surface area (Å²) in [7, 11) is 0. The van der Waals surface area contributed by atoms with E-state index in [2.05, 4.69) is 34.1 Å². The van der Waals surface area contributed by atoms with Crippen molar-refractivity contribution >= 4 is 67.8 Å². The van der Waals surface area contributed by atoms with Gasteiger partial charge in [-0.3, -0.25) is 0 Å². The number of halogens is 4. The molecule has 21 heavy (non-hydrogen) atoms. The molecule has 0 N–H and O–H groups in total. The van der Waals surface area contributed by atoms with Gasteiger partial charge in [0.05, 0.1) is 23.7 Å². The molecule has 2 aromatic rings. The fraction of sp³-hybridized carbons (Fsp3) is 0.214. The maximum absolute atomic E-state index is 6.06. The Morgan fingerprint density at radius 2 is 1.90 bits per heavy atom. The number of hydrogen-bond acceptors (Lipinski definition) is 3. The van der Waals surface area contributed by atoms with E-state index >= 15 is 0 Å². The Kier molecular flexibility index (Phi) is 4.53. The van der Waals surface area contributed by atoms with Crippen LogP contribution in [0.2, 0.25) is 15.1 Å². The van der Waals surface area contributed by atoms with E-state index in [0.29, 0.717) is 21.5 Å². The molecule has 0 amide bonds. The number of rotatable bonds is 2. The highest BCUT2D eigenvalue weighted by Crippen LogP contribution is 2.38. The first kappa shape index (κ1) is 15.6. The van der Waals surface area contributed by atoms with Crippen molar-refractivity contribution < 1.29 is 4.84 Å². The molecule has 1 aromatic carbocycles. The van der Waals surface area contributed by atoms with Gasteiger partial charge in [0.2, 0.25) is 0 Å². The third kappa shape index (κ3) is 3.10. The van der Waals surface area contributed by atoms with Crippen LogP contribution in [-0.2, 0) is 4.84 Å². The first-order valence-electron chi connectivity index (χ1n) is 6.09. The molecule has 1 unspecified atom stereocenters. The lowest BCUT2D eigenvalue weighted by Gasteiger charge is -2.10. The third-order valence-corrected chi connectivity index (χ3v) is 6.57. The van der Waals surface area contributed by atoms with Gasteiger partial charge in [-0.25, -0.2) is 0 Å². The number of benzene rings is 1. The average molecular weight is 426 g/mol. The summed E-state index contributed by atoms with van der Waals surface area (Å²) in [5.41, 5.74) is 3.00. The molecule has 1 aliphatic rings. The zero-order valence-electron chi connectivity index (χ0n) is 10.8. The van der Waals surface area contributed by atoms with Crippen molar-refractivity contribution in [1.82, 2.24) is 0 Å². The summed E-state index contributed by atoms with van der Waals surface area (Å²) in [4.78, 5) is 6.63. The molecule has 1 atom stereocenters. The van der Waals surface area contributed by atoms with Crippen LogP contribution in [0.3, 0.4) is 0 Å². The normalized spacial score (nSPS) is 17.8. The Morgan fingerprint density at radius 1 is 1.24 bits per heavy atom. The van der Waals surface area contributed by atoms with Crippen LogP contribution in [-0.4, -0.2) is 5.71 Å². The van der Waals surface area contributed by atoms with E-state index in [1.807, 2.05) is 0 Å². The van der Waals surface area contributed by atoms with Gasteiger partial charge in [-0.15, -0.1) is 11.3 Å². The summed E-state index contributed by atoms with van der Waals surface area (Å²) in [6, 6.07) is 5.64. The molecule has 1 aromatic heterocycles. The highest BCUT2D eigenvalue weighted by Gasteiger charge is 2.26. The predicted octanol–water partition coefficient (Wildman–Crippen LogP) is 6.64. The molecule has 0 spiro atoms. The fourth-order valence-electron chi connectivity index (χ4n) is 2.06. The van der Waals surface area contributed by atoms with Crippen molar-refractivity contribution in [2.45, 2.75) is 19.4 Å². The lowest BCUT2D eigenvalue weighted by molar-refractivity contribution is 0.0857. The summed E-state index contributed by atoms with van der Waals surface area (Å²) in [5, 5.41) is 5.39. The fourth-order valence-corrected chi connectivity index (χ4v) is 4.20. The van der Waals surface area contributed by atoms with E-state index in [1.54, 1.807) is 23.5 Å². The van der Waals surface area contributed by atoms with Crippen LogP contribution < -0.4 is 0 Å². The van der Waals surface area contributed by atoms with Crippen LogP contribution in [0.4, 0.5) is 0 Å². The van der Waals surface area contributed by atoms with Gasteiger partial charge in [-0.05, 0) is 52.2 Å². The van der Waals surface area contributed by atoms with E-state index in [0.717, 1.165) is 19.9 Å². The summed E-state index contributed by atoms with van der Waals surface area (Å²) in [5.74, 6) is 0. The summed E-state index contributed by atoms with van der Waals surface area (Å²) in [6.07, 6.45) is 0.495. The molecule has 0 saturated heterocycles.